The molecule has 5 heteroatoms. The third kappa shape index (κ3) is 5.68. The smallest absolute Gasteiger partial charge is 0.329 e. The Morgan fingerprint density at radius 1 is 1.35 bits per heavy atom. The van der Waals surface area contributed by atoms with Gasteiger partial charge in [0.1, 0.15) is 13.2 Å². The summed E-state index contributed by atoms with van der Waals surface area (Å²) < 4.78 is 4.74. The van der Waals surface area contributed by atoms with Gasteiger partial charge >= 0.3 is 5.97 Å². The predicted molar refractivity (Wildman–Crippen MR) is 62.6 cm³/mol. The van der Waals surface area contributed by atoms with Gasteiger partial charge in [0.25, 0.3) is 0 Å². The van der Waals surface area contributed by atoms with Gasteiger partial charge in [-0.25, -0.2) is 4.79 Å². The highest BCUT2D eigenvalue weighted by atomic mass is 16.5. The number of aliphatic carboxylic acids is 1. The molecule has 1 rings (SSSR count). The zero-order valence-corrected chi connectivity index (χ0v) is 10.3. The molecule has 1 aliphatic carbocycles. The molecule has 0 radical (unpaired) electrons. The second-order valence-electron chi connectivity index (χ2n) is 4.59. The van der Waals surface area contributed by atoms with Crippen LogP contribution in [0.3, 0.4) is 0 Å². The van der Waals surface area contributed by atoms with E-state index in [1.807, 2.05) is 0 Å². The molecule has 1 aliphatic rings. The van der Waals surface area contributed by atoms with Gasteiger partial charge in [0.2, 0.25) is 5.91 Å². The summed E-state index contributed by atoms with van der Waals surface area (Å²) in [7, 11) is 0. The first-order chi connectivity index (χ1) is 8.11. The molecule has 0 aromatic heterocycles. The number of hydrogen-bond acceptors (Lipinski definition) is 3. The minimum atomic E-state index is -1.05. The summed E-state index contributed by atoms with van der Waals surface area (Å²) in [5.41, 5.74) is 0. The predicted octanol–water partition coefficient (Wildman–Crippen LogP) is 1.17. The molecule has 0 heterocycles. The molecule has 1 amide bonds. The summed E-state index contributed by atoms with van der Waals surface area (Å²) in [4.78, 5) is 21.7. The highest BCUT2D eigenvalue weighted by Crippen LogP contribution is 2.26. The molecule has 0 aromatic rings. The summed E-state index contributed by atoms with van der Waals surface area (Å²) in [6.45, 7) is 1.58. The van der Waals surface area contributed by atoms with E-state index in [1.54, 1.807) is 0 Å². The minimum Gasteiger partial charge on any atom is -0.480 e. The van der Waals surface area contributed by atoms with Crippen molar-refractivity contribution >= 4 is 11.9 Å². The van der Waals surface area contributed by atoms with Gasteiger partial charge in [-0.05, 0) is 18.8 Å². The maximum absolute atomic E-state index is 11.5. The zero-order chi connectivity index (χ0) is 12.7. The van der Waals surface area contributed by atoms with E-state index in [4.69, 9.17) is 9.84 Å². The molecule has 1 fully saturated rings. The van der Waals surface area contributed by atoms with E-state index in [0.29, 0.717) is 5.92 Å². The summed E-state index contributed by atoms with van der Waals surface area (Å²) in [6, 6.07) is 0.231. The molecule has 2 N–H and O–H groups in total. The monoisotopic (exact) mass is 243 g/mol. The van der Waals surface area contributed by atoms with E-state index in [2.05, 4.69) is 12.2 Å². The SMILES string of the molecule is CCC1CCCC(NC(=O)COCC(=O)O)C1. The maximum Gasteiger partial charge on any atom is 0.329 e. The standard InChI is InChI=1S/C12H21NO4/c1-2-9-4-3-5-10(6-9)13-11(14)7-17-8-12(15)16/h9-10H,2-8H2,1H3,(H,13,14)(H,15,16). The Hall–Kier alpha value is -1.10. The molecular weight excluding hydrogens is 222 g/mol. The van der Waals surface area contributed by atoms with Crippen LogP contribution in [0.2, 0.25) is 0 Å². The van der Waals surface area contributed by atoms with E-state index in [0.717, 1.165) is 25.7 Å². The second kappa shape index (κ2) is 7.27. The fraction of sp³-hybridized carbons (Fsp3) is 0.833. The van der Waals surface area contributed by atoms with Gasteiger partial charge in [-0.2, -0.15) is 0 Å². The topological polar surface area (TPSA) is 75.6 Å². The molecule has 0 spiro atoms. The number of hydrogen-bond donors (Lipinski definition) is 2. The van der Waals surface area contributed by atoms with Crippen LogP contribution in [0, 0.1) is 5.92 Å². The molecule has 0 aliphatic heterocycles. The first-order valence-electron chi connectivity index (χ1n) is 6.20. The van der Waals surface area contributed by atoms with Crippen molar-refractivity contribution in [1.29, 1.82) is 0 Å². The van der Waals surface area contributed by atoms with Gasteiger partial charge in [0.15, 0.2) is 0 Å². The van der Waals surface area contributed by atoms with Gasteiger partial charge in [0, 0.05) is 6.04 Å². The van der Waals surface area contributed by atoms with Crippen molar-refractivity contribution in [1.82, 2.24) is 5.32 Å². The molecule has 98 valence electrons. The van der Waals surface area contributed by atoms with Crippen LogP contribution in [0.4, 0.5) is 0 Å². The van der Waals surface area contributed by atoms with Crippen LogP contribution in [0.5, 0.6) is 0 Å². The molecule has 2 unspecified atom stereocenters. The largest absolute Gasteiger partial charge is 0.480 e. The number of carboxylic acids is 1. The number of amides is 1. The fourth-order valence-corrected chi connectivity index (χ4v) is 2.29. The maximum atomic E-state index is 11.5. The Morgan fingerprint density at radius 3 is 2.76 bits per heavy atom. The Balaban J connectivity index is 2.19. The van der Waals surface area contributed by atoms with E-state index < -0.39 is 12.6 Å². The fourth-order valence-electron chi connectivity index (χ4n) is 2.29. The van der Waals surface area contributed by atoms with Gasteiger partial charge in [0.05, 0.1) is 0 Å². The van der Waals surface area contributed by atoms with Crippen LogP contribution in [0.25, 0.3) is 0 Å². The van der Waals surface area contributed by atoms with Crippen molar-refractivity contribution in [2.45, 2.75) is 45.1 Å². The van der Waals surface area contributed by atoms with Crippen molar-refractivity contribution in [3.63, 3.8) is 0 Å². The highest BCUT2D eigenvalue weighted by molar-refractivity contribution is 5.78. The van der Waals surface area contributed by atoms with Crippen LogP contribution in [0.1, 0.15) is 39.0 Å². The van der Waals surface area contributed by atoms with Crippen molar-refractivity contribution in [2.75, 3.05) is 13.2 Å². The van der Waals surface area contributed by atoms with E-state index in [1.165, 1.54) is 6.42 Å². The van der Waals surface area contributed by atoms with E-state index >= 15 is 0 Å². The number of carboxylic acid groups (broad SMARTS) is 1. The highest BCUT2D eigenvalue weighted by Gasteiger charge is 2.21. The lowest BCUT2D eigenvalue weighted by atomic mass is 9.84. The Labute approximate surface area is 102 Å². The van der Waals surface area contributed by atoms with Crippen molar-refractivity contribution in [3.8, 4) is 0 Å². The molecule has 5 nitrogen and oxygen atoms in total. The summed E-state index contributed by atoms with van der Waals surface area (Å²) in [5.74, 6) is -0.566. The van der Waals surface area contributed by atoms with Crippen LogP contribution in [-0.2, 0) is 14.3 Å². The first kappa shape index (κ1) is 14.0. The molecule has 0 saturated heterocycles. The van der Waals surface area contributed by atoms with Gasteiger partial charge in [-0.3, -0.25) is 4.79 Å². The average molecular weight is 243 g/mol. The Kier molecular flexibility index (Phi) is 5.97. The summed E-state index contributed by atoms with van der Waals surface area (Å²) >= 11 is 0. The van der Waals surface area contributed by atoms with E-state index in [-0.39, 0.29) is 18.6 Å². The van der Waals surface area contributed by atoms with Gasteiger partial charge in [-0.15, -0.1) is 0 Å². The Morgan fingerprint density at radius 2 is 2.12 bits per heavy atom. The van der Waals surface area contributed by atoms with Gasteiger partial charge in [-0.1, -0.05) is 26.2 Å². The number of nitrogens with one attached hydrogen (secondary N) is 1. The molecule has 1 saturated carbocycles. The summed E-state index contributed by atoms with van der Waals surface area (Å²) in [5, 5.41) is 11.3. The van der Waals surface area contributed by atoms with Crippen LogP contribution in [-0.4, -0.2) is 36.2 Å². The van der Waals surface area contributed by atoms with Crippen LogP contribution in [0.15, 0.2) is 0 Å². The lowest BCUT2D eigenvalue weighted by Crippen LogP contribution is -2.40. The minimum absolute atomic E-state index is 0.167. The van der Waals surface area contributed by atoms with Crippen LogP contribution >= 0.6 is 0 Å². The Bertz CT molecular complexity index is 267. The lowest BCUT2D eigenvalue weighted by molar-refractivity contribution is -0.143. The average Bonchev–Trinajstić information content (AvgIpc) is 2.28. The quantitative estimate of drug-likeness (QED) is 0.734. The molecule has 0 bridgehead atoms. The molecule has 17 heavy (non-hydrogen) atoms. The lowest BCUT2D eigenvalue weighted by Gasteiger charge is -2.29. The van der Waals surface area contributed by atoms with Crippen LogP contribution < -0.4 is 5.32 Å². The number of rotatable bonds is 6. The number of ether oxygens (including phenoxy) is 1. The van der Waals surface area contributed by atoms with Crippen molar-refractivity contribution in [3.05, 3.63) is 0 Å². The number of carbonyl (C=O) groups is 2. The van der Waals surface area contributed by atoms with Gasteiger partial charge < -0.3 is 15.2 Å². The van der Waals surface area contributed by atoms with E-state index in [9.17, 15) is 9.59 Å². The molecule has 2 atom stereocenters. The number of carbonyl (C=O) groups excluding carboxylic acids is 1. The second-order valence-corrected chi connectivity index (χ2v) is 4.59. The zero-order valence-electron chi connectivity index (χ0n) is 10.3. The first-order valence-corrected chi connectivity index (χ1v) is 6.20. The normalized spacial score (nSPS) is 24.3. The molecule has 0 aromatic carbocycles. The summed E-state index contributed by atoms with van der Waals surface area (Å²) in [6.07, 6.45) is 5.60. The third-order valence-corrected chi connectivity index (χ3v) is 3.18. The molecular formula is C12H21NO4. The van der Waals surface area contributed by atoms with Crippen molar-refractivity contribution < 1.29 is 19.4 Å². The third-order valence-electron chi connectivity index (χ3n) is 3.18. The van der Waals surface area contributed by atoms with Crippen molar-refractivity contribution in [2.24, 2.45) is 5.92 Å².